The molecule has 0 unspecified atom stereocenters. The minimum absolute atomic E-state index is 0.0682. The van der Waals surface area contributed by atoms with Crippen molar-refractivity contribution in [1.29, 1.82) is 0 Å². The molecule has 100 valence electrons. The molecule has 1 aromatic rings. The fourth-order valence-electron chi connectivity index (χ4n) is 1.80. The van der Waals surface area contributed by atoms with Gasteiger partial charge in [-0.1, -0.05) is 18.2 Å². The minimum Gasteiger partial charge on any atom is -0.395 e. The Hall–Kier alpha value is -1.39. The fourth-order valence-corrected chi connectivity index (χ4v) is 1.80. The SMILES string of the molecule is Cc1ccc(CC(=O)N(CCO)CCO)cc1C. The standard InChI is InChI=1S/C14H21NO3/c1-11-3-4-13(9-12(11)2)10-14(18)15(5-7-16)6-8-17/h3-4,9,16-17H,5-8,10H2,1-2H3. The van der Waals surface area contributed by atoms with Crippen LogP contribution in [-0.2, 0) is 11.2 Å². The molecule has 4 heteroatoms. The zero-order valence-corrected chi connectivity index (χ0v) is 11.0. The molecular formula is C14H21NO3. The van der Waals surface area contributed by atoms with Crippen molar-refractivity contribution in [1.82, 2.24) is 4.90 Å². The molecule has 0 aliphatic rings. The molecule has 4 nitrogen and oxygen atoms in total. The summed E-state index contributed by atoms with van der Waals surface area (Å²) < 4.78 is 0. The van der Waals surface area contributed by atoms with E-state index in [9.17, 15) is 4.79 Å². The van der Waals surface area contributed by atoms with Gasteiger partial charge in [-0.3, -0.25) is 4.79 Å². The molecular weight excluding hydrogens is 230 g/mol. The Kier molecular flexibility index (Phi) is 5.82. The van der Waals surface area contributed by atoms with Crippen LogP contribution in [0.2, 0.25) is 0 Å². The van der Waals surface area contributed by atoms with Crippen LogP contribution in [0.4, 0.5) is 0 Å². The van der Waals surface area contributed by atoms with Crippen LogP contribution in [-0.4, -0.2) is 47.3 Å². The van der Waals surface area contributed by atoms with Gasteiger partial charge >= 0.3 is 0 Å². The van der Waals surface area contributed by atoms with Crippen LogP contribution in [0.25, 0.3) is 0 Å². The second-order valence-corrected chi connectivity index (χ2v) is 4.42. The molecule has 2 N–H and O–H groups in total. The number of hydrogen-bond acceptors (Lipinski definition) is 3. The maximum absolute atomic E-state index is 12.0. The highest BCUT2D eigenvalue weighted by Gasteiger charge is 2.13. The van der Waals surface area contributed by atoms with Crippen molar-refractivity contribution in [3.8, 4) is 0 Å². The summed E-state index contributed by atoms with van der Waals surface area (Å²) in [6.07, 6.45) is 0.307. The minimum atomic E-state index is -0.0847. The first-order valence-corrected chi connectivity index (χ1v) is 6.14. The largest absolute Gasteiger partial charge is 0.395 e. The monoisotopic (exact) mass is 251 g/mol. The summed E-state index contributed by atoms with van der Waals surface area (Å²) in [6, 6.07) is 5.94. The van der Waals surface area contributed by atoms with E-state index < -0.39 is 0 Å². The van der Waals surface area contributed by atoms with Crippen LogP contribution >= 0.6 is 0 Å². The van der Waals surface area contributed by atoms with E-state index in [2.05, 4.69) is 0 Å². The number of aliphatic hydroxyl groups excluding tert-OH is 2. The Morgan fingerprint density at radius 2 is 1.72 bits per heavy atom. The highest BCUT2D eigenvalue weighted by molar-refractivity contribution is 5.78. The van der Waals surface area contributed by atoms with Gasteiger partial charge in [0, 0.05) is 13.1 Å². The van der Waals surface area contributed by atoms with E-state index in [-0.39, 0.29) is 32.2 Å². The van der Waals surface area contributed by atoms with Gasteiger partial charge in [-0.25, -0.2) is 0 Å². The van der Waals surface area contributed by atoms with Crippen LogP contribution in [0, 0.1) is 13.8 Å². The smallest absolute Gasteiger partial charge is 0.227 e. The molecule has 0 atom stereocenters. The number of aliphatic hydroxyl groups is 2. The Balaban J connectivity index is 2.69. The second kappa shape index (κ2) is 7.13. The summed E-state index contributed by atoms with van der Waals surface area (Å²) in [7, 11) is 0. The van der Waals surface area contributed by atoms with Gasteiger partial charge in [-0.2, -0.15) is 0 Å². The summed E-state index contributed by atoms with van der Waals surface area (Å²) in [6.45, 7) is 4.42. The topological polar surface area (TPSA) is 60.8 Å². The lowest BCUT2D eigenvalue weighted by atomic mass is 10.0. The van der Waals surface area contributed by atoms with Crippen LogP contribution in [0.5, 0.6) is 0 Å². The number of hydrogen-bond donors (Lipinski definition) is 2. The molecule has 0 aliphatic carbocycles. The first-order valence-electron chi connectivity index (χ1n) is 6.14. The van der Waals surface area contributed by atoms with Crippen molar-refractivity contribution in [2.24, 2.45) is 0 Å². The summed E-state index contributed by atoms with van der Waals surface area (Å²) in [5.41, 5.74) is 3.33. The van der Waals surface area contributed by atoms with Gasteiger partial charge in [0.2, 0.25) is 5.91 Å². The van der Waals surface area contributed by atoms with Crippen molar-refractivity contribution < 1.29 is 15.0 Å². The average molecular weight is 251 g/mol. The molecule has 18 heavy (non-hydrogen) atoms. The molecule has 0 bridgehead atoms. The first-order chi connectivity index (χ1) is 8.58. The molecule has 0 heterocycles. The number of benzene rings is 1. The van der Waals surface area contributed by atoms with Gasteiger partial charge in [0.1, 0.15) is 0 Å². The van der Waals surface area contributed by atoms with E-state index in [1.54, 1.807) is 0 Å². The number of carbonyl (C=O) groups excluding carboxylic acids is 1. The Labute approximate surface area is 108 Å². The molecule has 1 amide bonds. The van der Waals surface area contributed by atoms with Crippen molar-refractivity contribution >= 4 is 5.91 Å². The lowest BCUT2D eigenvalue weighted by Crippen LogP contribution is -2.36. The quantitative estimate of drug-likeness (QED) is 0.781. The molecule has 0 saturated heterocycles. The summed E-state index contributed by atoms with van der Waals surface area (Å²) >= 11 is 0. The molecule has 0 fully saturated rings. The lowest BCUT2D eigenvalue weighted by Gasteiger charge is -2.20. The number of aryl methyl sites for hydroxylation is 2. The predicted molar refractivity (Wildman–Crippen MR) is 70.4 cm³/mol. The van der Waals surface area contributed by atoms with Gasteiger partial charge in [-0.05, 0) is 30.5 Å². The van der Waals surface area contributed by atoms with Gasteiger partial charge in [0.05, 0.1) is 19.6 Å². The molecule has 0 saturated carbocycles. The van der Waals surface area contributed by atoms with Crippen molar-refractivity contribution in [2.75, 3.05) is 26.3 Å². The summed E-state index contributed by atoms with van der Waals surface area (Å²) in [5, 5.41) is 17.8. The average Bonchev–Trinajstić information content (AvgIpc) is 2.33. The zero-order valence-electron chi connectivity index (χ0n) is 11.0. The van der Waals surface area contributed by atoms with Gasteiger partial charge < -0.3 is 15.1 Å². The maximum atomic E-state index is 12.0. The van der Waals surface area contributed by atoms with E-state index in [4.69, 9.17) is 10.2 Å². The van der Waals surface area contributed by atoms with Crippen molar-refractivity contribution in [3.63, 3.8) is 0 Å². The predicted octanol–water partition coefficient (Wildman–Crippen LogP) is 0.659. The molecule has 1 aromatic carbocycles. The van der Waals surface area contributed by atoms with E-state index >= 15 is 0 Å². The normalized spacial score (nSPS) is 10.4. The van der Waals surface area contributed by atoms with Crippen LogP contribution in [0.15, 0.2) is 18.2 Å². The van der Waals surface area contributed by atoms with Crippen LogP contribution < -0.4 is 0 Å². The van der Waals surface area contributed by atoms with Crippen LogP contribution in [0.1, 0.15) is 16.7 Å². The van der Waals surface area contributed by atoms with E-state index in [0.29, 0.717) is 6.42 Å². The van der Waals surface area contributed by atoms with Gasteiger partial charge in [0.15, 0.2) is 0 Å². The molecule has 0 aromatic heterocycles. The van der Waals surface area contributed by atoms with E-state index in [1.165, 1.54) is 10.5 Å². The third-order valence-corrected chi connectivity index (χ3v) is 3.02. The molecule has 0 radical (unpaired) electrons. The van der Waals surface area contributed by atoms with Gasteiger partial charge in [-0.15, -0.1) is 0 Å². The maximum Gasteiger partial charge on any atom is 0.227 e. The zero-order chi connectivity index (χ0) is 13.5. The Morgan fingerprint density at radius 3 is 2.22 bits per heavy atom. The number of carbonyl (C=O) groups is 1. The number of amides is 1. The van der Waals surface area contributed by atoms with Gasteiger partial charge in [0.25, 0.3) is 0 Å². The Morgan fingerprint density at radius 1 is 1.11 bits per heavy atom. The molecule has 0 spiro atoms. The molecule has 0 aliphatic heterocycles. The number of rotatable bonds is 6. The summed E-state index contributed by atoms with van der Waals surface area (Å²) in [4.78, 5) is 13.5. The third kappa shape index (κ3) is 4.13. The molecule has 1 rings (SSSR count). The lowest BCUT2D eigenvalue weighted by molar-refractivity contribution is -0.131. The first kappa shape index (κ1) is 14.7. The van der Waals surface area contributed by atoms with Crippen molar-refractivity contribution in [3.05, 3.63) is 34.9 Å². The van der Waals surface area contributed by atoms with Crippen LogP contribution in [0.3, 0.4) is 0 Å². The highest BCUT2D eigenvalue weighted by atomic mass is 16.3. The van der Waals surface area contributed by atoms with Crippen molar-refractivity contribution in [2.45, 2.75) is 20.3 Å². The summed E-state index contributed by atoms with van der Waals surface area (Å²) in [5.74, 6) is -0.0682. The highest BCUT2D eigenvalue weighted by Crippen LogP contribution is 2.11. The van der Waals surface area contributed by atoms with E-state index in [1.807, 2.05) is 32.0 Å². The second-order valence-electron chi connectivity index (χ2n) is 4.42. The number of nitrogens with zero attached hydrogens (tertiary/aromatic N) is 1. The van der Waals surface area contributed by atoms with E-state index in [0.717, 1.165) is 11.1 Å². The third-order valence-electron chi connectivity index (χ3n) is 3.02. The Bertz CT molecular complexity index is 398. The fraction of sp³-hybridized carbons (Fsp3) is 0.500.